The maximum absolute atomic E-state index is 13.0. The average molecular weight is 422 g/mol. The molecule has 0 radical (unpaired) electrons. The van der Waals surface area contributed by atoms with Crippen LogP contribution >= 0.6 is 0 Å². The van der Waals surface area contributed by atoms with Crippen LogP contribution < -0.4 is 0 Å². The largest absolute Gasteiger partial charge is 0.391 e. The number of likely N-dealkylation sites (tertiary alicyclic amines) is 1. The number of H-pyrrole nitrogens is 1. The maximum atomic E-state index is 13.0. The van der Waals surface area contributed by atoms with E-state index in [1.807, 2.05) is 37.7 Å². The van der Waals surface area contributed by atoms with Crippen LogP contribution in [0, 0.1) is 11.8 Å². The molecule has 3 atom stereocenters. The molecular weight excluding hydrogens is 390 g/mol. The van der Waals surface area contributed by atoms with Crippen LogP contribution in [0.3, 0.4) is 0 Å². The van der Waals surface area contributed by atoms with Crippen molar-refractivity contribution in [1.82, 2.24) is 24.6 Å². The van der Waals surface area contributed by atoms with Crippen molar-refractivity contribution in [3.63, 3.8) is 0 Å². The quantitative estimate of drug-likeness (QED) is 0.632. The van der Waals surface area contributed by atoms with Crippen molar-refractivity contribution in [1.29, 1.82) is 0 Å². The lowest BCUT2D eigenvalue weighted by Gasteiger charge is -2.27. The molecule has 1 aromatic carbocycles. The first kappa shape index (κ1) is 21.3. The number of benzene rings is 1. The first-order chi connectivity index (χ1) is 14.9. The Kier molecular flexibility index (Phi) is 5.96. The van der Waals surface area contributed by atoms with Crippen molar-refractivity contribution in [3.05, 3.63) is 48.5 Å². The van der Waals surface area contributed by atoms with Crippen LogP contribution in [0.5, 0.6) is 0 Å². The second-order valence-corrected chi connectivity index (χ2v) is 8.72. The standard InChI is InChI=1S/C24H31N5O2/c1-5-29-21(10-11-26-29)18-8-6-17(7-9-18)20-13-25-23(27-20)22-12-19(30)14-28(22)24(31)16(4)15(2)3/h6-11,13,15-16,19,22,30H,5,12,14H2,1-4H3,(H,25,27). The van der Waals surface area contributed by atoms with Gasteiger partial charge in [-0.1, -0.05) is 45.0 Å². The number of aliphatic hydroxyl groups is 1. The molecule has 3 aromatic rings. The number of aromatic nitrogens is 4. The molecule has 0 aliphatic carbocycles. The minimum atomic E-state index is -0.524. The Hall–Kier alpha value is -2.93. The van der Waals surface area contributed by atoms with E-state index in [2.05, 4.69) is 46.3 Å². The third-order valence-electron chi connectivity index (χ3n) is 6.37. The second-order valence-electron chi connectivity index (χ2n) is 8.72. The minimum Gasteiger partial charge on any atom is -0.391 e. The molecule has 7 nitrogen and oxygen atoms in total. The number of aromatic amines is 1. The van der Waals surface area contributed by atoms with Crippen molar-refractivity contribution in [2.45, 2.75) is 52.8 Å². The Bertz CT molecular complexity index is 1040. The van der Waals surface area contributed by atoms with Gasteiger partial charge >= 0.3 is 0 Å². The molecule has 2 N–H and O–H groups in total. The first-order valence-corrected chi connectivity index (χ1v) is 11.0. The van der Waals surface area contributed by atoms with E-state index in [1.165, 1.54) is 0 Å². The van der Waals surface area contributed by atoms with Crippen LogP contribution in [0.15, 0.2) is 42.7 Å². The molecule has 0 saturated carbocycles. The predicted molar refractivity (Wildman–Crippen MR) is 120 cm³/mol. The predicted octanol–water partition coefficient (Wildman–Crippen LogP) is 3.89. The average Bonchev–Trinajstić information content (AvgIpc) is 3.51. The van der Waals surface area contributed by atoms with E-state index < -0.39 is 6.10 Å². The number of amides is 1. The van der Waals surface area contributed by atoms with Gasteiger partial charge in [0.15, 0.2) is 0 Å². The number of hydrogen-bond acceptors (Lipinski definition) is 4. The molecule has 7 heteroatoms. The maximum Gasteiger partial charge on any atom is 0.226 e. The zero-order chi connectivity index (χ0) is 22.1. The van der Waals surface area contributed by atoms with Gasteiger partial charge in [0.25, 0.3) is 0 Å². The zero-order valence-corrected chi connectivity index (χ0v) is 18.6. The van der Waals surface area contributed by atoms with Gasteiger partial charge in [0.05, 0.1) is 29.7 Å². The van der Waals surface area contributed by atoms with E-state index in [-0.39, 0.29) is 23.8 Å². The van der Waals surface area contributed by atoms with E-state index >= 15 is 0 Å². The molecule has 0 bridgehead atoms. The van der Waals surface area contributed by atoms with Crippen LogP contribution in [0.1, 0.15) is 46.0 Å². The highest BCUT2D eigenvalue weighted by Gasteiger charge is 2.39. The van der Waals surface area contributed by atoms with Crippen LogP contribution in [0.2, 0.25) is 0 Å². The molecular formula is C24H31N5O2. The summed E-state index contributed by atoms with van der Waals surface area (Å²) in [4.78, 5) is 22.7. The summed E-state index contributed by atoms with van der Waals surface area (Å²) in [5, 5.41) is 14.6. The number of aryl methyl sites for hydroxylation is 1. The number of carbonyl (C=O) groups is 1. The third kappa shape index (κ3) is 4.14. The SMILES string of the molecule is CCn1nccc1-c1ccc(-c2cnc(C3CC(O)CN3C(=O)C(C)C(C)C)[nH]2)cc1. The number of nitrogens with one attached hydrogen (secondary N) is 1. The van der Waals surface area contributed by atoms with Crippen LogP contribution in [-0.4, -0.2) is 48.3 Å². The van der Waals surface area contributed by atoms with Crippen molar-refractivity contribution in [2.75, 3.05) is 6.54 Å². The van der Waals surface area contributed by atoms with Gasteiger partial charge in [-0.05, 0) is 30.0 Å². The number of carbonyl (C=O) groups excluding carboxylic acids is 1. The Morgan fingerprint density at radius 1 is 1.19 bits per heavy atom. The van der Waals surface area contributed by atoms with E-state index in [1.54, 1.807) is 11.1 Å². The van der Waals surface area contributed by atoms with Gasteiger partial charge in [0, 0.05) is 31.6 Å². The summed E-state index contributed by atoms with van der Waals surface area (Å²) in [7, 11) is 0. The fourth-order valence-corrected chi connectivity index (χ4v) is 4.17. The third-order valence-corrected chi connectivity index (χ3v) is 6.37. The number of hydrogen-bond donors (Lipinski definition) is 2. The van der Waals surface area contributed by atoms with E-state index in [9.17, 15) is 9.90 Å². The number of aliphatic hydroxyl groups excluding tert-OH is 1. The van der Waals surface area contributed by atoms with Gasteiger partial charge in [-0.3, -0.25) is 9.48 Å². The van der Waals surface area contributed by atoms with E-state index in [4.69, 9.17) is 0 Å². The summed E-state index contributed by atoms with van der Waals surface area (Å²) in [5.74, 6) is 0.960. The van der Waals surface area contributed by atoms with Gasteiger partial charge in [-0.15, -0.1) is 0 Å². The van der Waals surface area contributed by atoms with Crippen molar-refractivity contribution in [2.24, 2.45) is 11.8 Å². The molecule has 3 unspecified atom stereocenters. The van der Waals surface area contributed by atoms with Crippen LogP contribution in [0.4, 0.5) is 0 Å². The Balaban J connectivity index is 1.55. The Morgan fingerprint density at radius 3 is 2.58 bits per heavy atom. The van der Waals surface area contributed by atoms with Gasteiger partial charge < -0.3 is 15.0 Å². The molecule has 1 aliphatic heterocycles. The lowest BCUT2D eigenvalue weighted by Crippen LogP contribution is -2.37. The molecule has 2 aromatic heterocycles. The van der Waals surface area contributed by atoms with Crippen LogP contribution in [0.25, 0.3) is 22.5 Å². The molecule has 0 spiro atoms. The summed E-state index contributed by atoms with van der Waals surface area (Å²) in [6, 6.07) is 10.1. The Morgan fingerprint density at radius 2 is 1.90 bits per heavy atom. The first-order valence-electron chi connectivity index (χ1n) is 11.0. The highest BCUT2D eigenvalue weighted by molar-refractivity contribution is 5.79. The number of nitrogens with zero attached hydrogens (tertiary/aromatic N) is 4. The Labute approximate surface area is 183 Å². The van der Waals surface area contributed by atoms with Crippen molar-refractivity contribution in [3.8, 4) is 22.5 Å². The topological polar surface area (TPSA) is 87.0 Å². The highest BCUT2D eigenvalue weighted by atomic mass is 16.3. The van der Waals surface area contributed by atoms with E-state index in [0.717, 1.165) is 34.9 Å². The monoisotopic (exact) mass is 421 g/mol. The molecule has 1 saturated heterocycles. The smallest absolute Gasteiger partial charge is 0.226 e. The van der Waals surface area contributed by atoms with Gasteiger partial charge in [0.1, 0.15) is 5.82 Å². The number of rotatable bonds is 6. The molecule has 1 fully saturated rings. The minimum absolute atomic E-state index is 0.0754. The fourth-order valence-electron chi connectivity index (χ4n) is 4.17. The number of β-amino-alcohol motifs (C(OH)–C–C–N with tert-alkyl or cyclic N) is 1. The highest BCUT2D eigenvalue weighted by Crippen LogP contribution is 2.34. The summed E-state index contributed by atoms with van der Waals surface area (Å²) in [6.45, 7) is 9.31. The fraction of sp³-hybridized carbons (Fsp3) is 0.458. The molecule has 164 valence electrons. The molecule has 3 heterocycles. The van der Waals surface area contributed by atoms with Crippen molar-refractivity contribution >= 4 is 5.91 Å². The summed E-state index contributed by atoms with van der Waals surface area (Å²) in [5.41, 5.74) is 4.13. The van der Waals surface area contributed by atoms with Gasteiger partial charge in [0.2, 0.25) is 5.91 Å². The summed E-state index contributed by atoms with van der Waals surface area (Å²) in [6.07, 6.45) is 3.60. The summed E-state index contributed by atoms with van der Waals surface area (Å²) < 4.78 is 1.97. The molecule has 1 aliphatic rings. The van der Waals surface area contributed by atoms with Gasteiger partial charge in [-0.2, -0.15) is 5.10 Å². The van der Waals surface area contributed by atoms with Crippen molar-refractivity contribution < 1.29 is 9.90 Å². The van der Waals surface area contributed by atoms with E-state index in [0.29, 0.717) is 13.0 Å². The molecule has 4 rings (SSSR count). The van der Waals surface area contributed by atoms with Gasteiger partial charge in [-0.25, -0.2) is 4.98 Å². The second kappa shape index (κ2) is 8.67. The molecule has 31 heavy (non-hydrogen) atoms. The van der Waals surface area contributed by atoms with Crippen LogP contribution in [-0.2, 0) is 11.3 Å². The number of imidazole rings is 1. The zero-order valence-electron chi connectivity index (χ0n) is 18.6. The molecule has 1 amide bonds. The summed E-state index contributed by atoms with van der Waals surface area (Å²) >= 11 is 0. The lowest BCUT2D eigenvalue weighted by atomic mass is 9.96. The normalized spacial score (nSPS) is 19.9. The lowest BCUT2D eigenvalue weighted by molar-refractivity contribution is -0.137.